The predicted molar refractivity (Wildman–Crippen MR) is 96.4 cm³/mol. The Hall–Kier alpha value is -2.58. The number of rotatable bonds is 2. The maximum atomic E-state index is 13.1. The Balaban J connectivity index is 1.65. The number of amides is 1. The molecule has 1 aliphatic heterocycles. The van der Waals surface area contributed by atoms with Gasteiger partial charge >= 0.3 is 0 Å². The minimum atomic E-state index is -0.531. The van der Waals surface area contributed by atoms with Gasteiger partial charge < -0.3 is 4.90 Å². The third-order valence-electron chi connectivity index (χ3n) is 4.42. The normalized spacial score (nSPS) is 16.3. The monoisotopic (exact) mass is 406 g/mol. The number of fused-ring (bicyclic) bond motifs is 1. The molecule has 1 aliphatic rings. The Kier molecular flexibility index (Phi) is 4.53. The third kappa shape index (κ3) is 3.15. The van der Waals surface area contributed by atoms with Gasteiger partial charge in [-0.25, -0.2) is 14.4 Å². The number of carbonyl (C=O) groups is 1. The molecule has 0 saturated heterocycles. The molecule has 4 rings (SSSR count). The number of carbonyl (C=O) groups excluding carboxylic acids is 1. The van der Waals surface area contributed by atoms with E-state index in [1.165, 1.54) is 4.68 Å². The van der Waals surface area contributed by atoms with E-state index < -0.39 is 5.82 Å². The Morgan fingerprint density at radius 1 is 1.26 bits per heavy atom. The van der Waals surface area contributed by atoms with Crippen molar-refractivity contribution in [3.63, 3.8) is 0 Å². The van der Waals surface area contributed by atoms with E-state index in [0.717, 1.165) is 18.1 Å². The summed E-state index contributed by atoms with van der Waals surface area (Å²) in [7, 11) is 0. The summed E-state index contributed by atoms with van der Waals surface area (Å²) in [5.74, 6) is -0.528. The fourth-order valence-electron chi connectivity index (χ4n) is 3.04. The summed E-state index contributed by atoms with van der Waals surface area (Å²) in [6.45, 7) is 2.18. The maximum Gasteiger partial charge on any atom is 0.256 e. The fourth-order valence-corrected chi connectivity index (χ4v) is 3.42. The molecule has 3 aromatic rings. The molecule has 1 atom stereocenters. The number of halogens is 3. The quantitative estimate of drug-likeness (QED) is 0.653. The molecule has 0 aliphatic carbocycles. The van der Waals surface area contributed by atoms with E-state index in [-0.39, 0.29) is 29.5 Å². The molecule has 0 unspecified atom stereocenters. The topological polar surface area (TPSA) is 76.8 Å². The van der Waals surface area contributed by atoms with Gasteiger partial charge in [-0.15, -0.1) is 5.10 Å². The number of hydrogen-bond donors (Lipinski definition) is 0. The molecule has 1 aromatic carbocycles. The minimum absolute atomic E-state index is 0.141. The van der Waals surface area contributed by atoms with Crippen molar-refractivity contribution >= 4 is 29.1 Å². The van der Waals surface area contributed by atoms with Crippen LogP contribution in [0.15, 0.2) is 30.6 Å². The van der Waals surface area contributed by atoms with E-state index in [4.69, 9.17) is 23.2 Å². The lowest BCUT2D eigenvalue weighted by molar-refractivity contribution is 0.0653. The minimum Gasteiger partial charge on any atom is -0.329 e. The van der Waals surface area contributed by atoms with Crippen LogP contribution < -0.4 is 0 Å². The number of hydrogen-bond acceptors (Lipinski definition) is 5. The lowest BCUT2D eigenvalue weighted by Crippen LogP contribution is -2.43. The zero-order chi connectivity index (χ0) is 19.1. The number of benzene rings is 1. The molecule has 10 heteroatoms. The average molecular weight is 407 g/mol. The van der Waals surface area contributed by atoms with E-state index >= 15 is 0 Å². The molecule has 2 aromatic heterocycles. The van der Waals surface area contributed by atoms with Crippen LogP contribution in [0.1, 0.15) is 28.7 Å². The van der Waals surface area contributed by atoms with Gasteiger partial charge in [-0.3, -0.25) is 4.79 Å². The standard InChI is InChI=1S/C17H13Cl2FN6O/c1-9-5-14-13(23-24-26(14)17-21-6-10(20)7-22-17)8-25(9)16(27)11-3-2-4-12(18)15(11)19/h2-4,6-7,9H,5,8H2,1H3/t9-/m1/s1. The lowest BCUT2D eigenvalue weighted by Gasteiger charge is -2.33. The lowest BCUT2D eigenvalue weighted by atomic mass is 10.0. The zero-order valence-electron chi connectivity index (χ0n) is 14.1. The van der Waals surface area contributed by atoms with Crippen molar-refractivity contribution in [1.82, 2.24) is 29.9 Å². The largest absolute Gasteiger partial charge is 0.329 e. The van der Waals surface area contributed by atoms with Crippen LogP contribution >= 0.6 is 23.2 Å². The van der Waals surface area contributed by atoms with Crippen molar-refractivity contribution < 1.29 is 9.18 Å². The van der Waals surface area contributed by atoms with Crippen molar-refractivity contribution in [2.24, 2.45) is 0 Å². The summed E-state index contributed by atoms with van der Waals surface area (Å²) in [6.07, 6.45) is 2.63. The van der Waals surface area contributed by atoms with Gasteiger partial charge in [0.2, 0.25) is 0 Å². The van der Waals surface area contributed by atoms with Gasteiger partial charge in [-0.05, 0) is 19.1 Å². The van der Waals surface area contributed by atoms with Crippen molar-refractivity contribution in [2.45, 2.75) is 25.9 Å². The highest BCUT2D eigenvalue weighted by atomic mass is 35.5. The van der Waals surface area contributed by atoms with Crippen LogP contribution in [-0.4, -0.2) is 41.8 Å². The van der Waals surface area contributed by atoms with Crippen LogP contribution in [0.2, 0.25) is 10.0 Å². The Labute approximate surface area is 163 Å². The molecule has 0 saturated carbocycles. The molecule has 0 bridgehead atoms. The van der Waals surface area contributed by atoms with Gasteiger partial charge in [0.15, 0.2) is 5.82 Å². The first-order valence-corrected chi connectivity index (χ1v) is 8.87. The highest BCUT2D eigenvalue weighted by molar-refractivity contribution is 6.43. The van der Waals surface area contributed by atoms with E-state index in [9.17, 15) is 9.18 Å². The summed E-state index contributed by atoms with van der Waals surface area (Å²) >= 11 is 12.2. The van der Waals surface area contributed by atoms with Crippen molar-refractivity contribution in [2.75, 3.05) is 0 Å². The molecule has 27 heavy (non-hydrogen) atoms. The Bertz CT molecular complexity index is 1020. The van der Waals surface area contributed by atoms with Gasteiger partial charge in [0, 0.05) is 12.5 Å². The maximum absolute atomic E-state index is 13.1. The number of aromatic nitrogens is 5. The van der Waals surface area contributed by atoms with Gasteiger partial charge in [-0.2, -0.15) is 4.68 Å². The molecule has 1 amide bonds. The van der Waals surface area contributed by atoms with E-state index in [0.29, 0.717) is 22.7 Å². The van der Waals surface area contributed by atoms with E-state index in [1.807, 2.05) is 6.92 Å². The zero-order valence-corrected chi connectivity index (χ0v) is 15.6. The summed E-state index contributed by atoms with van der Waals surface area (Å²) in [5.41, 5.74) is 1.76. The van der Waals surface area contributed by atoms with E-state index in [1.54, 1.807) is 23.1 Å². The van der Waals surface area contributed by atoms with Crippen LogP contribution in [0.5, 0.6) is 0 Å². The van der Waals surface area contributed by atoms with Crippen molar-refractivity contribution in [3.8, 4) is 5.95 Å². The fraction of sp³-hybridized carbons (Fsp3) is 0.235. The highest BCUT2D eigenvalue weighted by Crippen LogP contribution is 2.30. The highest BCUT2D eigenvalue weighted by Gasteiger charge is 2.33. The third-order valence-corrected chi connectivity index (χ3v) is 5.24. The molecule has 0 spiro atoms. The second-order valence-electron chi connectivity index (χ2n) is 6.18. The average Bonchev–Trinajstić information content (AvgIpc) is 3.06. The molecule has 0 N–H and O–H groups in total. The smallest absolute Gasteiger partial charge is 0.256 e. The van der Waals surface area contributed by atoms with Crippen LogP contribution in [0.3, 0.4) is 0 Å². The van der Waals surface area contributed by atoms with Gasteiger partial charge in [0.25, 0.3) is 11.9 Å². The van der Waals surface area contributed by atoms with Crippen LogP contribution in [0.4, 0.5) is 4.39 Å². The SMILES string of the molecule is C[C@@H]1Cc2c(nnn2-c2ncc(F)cn2)CN1C(=O)c1cccc(Cl)c1Cl. The van der Waals surface area contributed by atoms with Gasteiger partial charge in [0.05, 0.1) is 40.2 Å². The Morgan fingerprint density at radius 3 is 2.74 bits per heavy atom. The molecule has 7 nitrogen and oxygen atoms in total. The summed E-state index contributed by atoms with van der Waals surface area (Å²) < 4.78 is 14.5. The van der Waals surface area contributed by atoms with Gasteiger partial charge in [-0.1, -0.05) is 34.5 Å². The molecule has 3 heterocycles. The van der Waals surface area contributed by atoms with Crippen LogP contribution in [-0.2, 0) is 13.0 Å². The second kappa shape index (κ2) is 6.86. The predicted octanol–water partition coefficient (Wildman–Crippen LogP) is 3.09. The molecule has 0 fully saturated rings. The summed E-state index contributed by atoms with van der Waals surface area (Å²) in [5, 5.41) is 8.76. The second-order valence-corrected chi connectivity index (χ2v) is 6.97. The molecular weight excluding hydrogens is 394 g/mol. The summed E-state index contributed by atoms with van der Waals surface area (Å²) in [4.78, 5) is 22.5. The summed E-state index contributed by atoms with van der Waals surface area (Å²) in [6, 6.07) is 4.82. The molecule has 0 radical (unpaired) electrons. The van der Waals surface area contributed by atoms with Gasteiger partial charge in [0.1, 0.15) is 5.69 Å². The number of nitrogens with zero attached hydrogens (tertiary/aromatic N) is 6. The van der Waals surface area contributed by atoms with Crippen molar-refractivity contribution in [1.29, 1.82) is 0 Å². The van der Waals surface area contributed by atoms with Crippen LogP contribution in [0.25, 0.3) is 5.95 Å². The first kappa shape index (κ1) is 17.8. The van der Waals surface area contributed by atoms with E-state index in [2.05, 4.69) is 20.3 Å². The van der Waals surface area contributed by atoms with Crippen LogP contribution in [0, 0.1) is 5.82 Å². The first-order valence-electron chi connectivity index (χ1n) is 8.12. The molecular formula is C17H13Cl2FN6O. The Morgan fingerprint density at radius 2 is 2.00 bits per heavy atom. The first-order chi connectivity index (χ1) is 13.0. The van der Waals surface area contributed by atoms with Crippen molar-refractivity contribution in [3.05, 3.63) is 63.4 Å². The molecule has 138 valence electrons.